The van der Waals surface area contributed by atoms with Gasteiger partial charge in [0.15, 0.2) is 4.47 Å². The number of halogens is 1. The lowest BCUT2D eigenvalue weighted by Crippen LogP contribution is -2.20. The average molecular weight is 278 g/mol. The largest absolute Gasteiger partial charge is 0.300 e. The lowest BCUT2D eigenvalue weighted by Gasteiger charge is -2.07. The summed E-state index contributed by atoms with van der Waals surface area (Å²) in [6.07, 6.45) is 3.03. The van der Waals surface area contributed by atoms with E-state index in [0.717, 1.165) is 15.9 Å². The van der Waals surface area contributed by atoms with Crippen molar-refractivity contribution in [3.63, 3.8) is 0 Å². The predicted octanol–water partition coefficient (Wildman–Crippen LogP) is 2.55. The number of benzene rings is 1. The molecule has 6 heteroatoms. The second-order valence-electron chi connectivity index (χ2n) is 3.75. The number of para-hydroxylation sites is 2. The zero-order chi connectivity index (χ0) is 12.5. The maximum atomic E-state index is 11.9. The van der Waals surface area contributed by atoms with E-state index in [0.29, 0.717) is 11.0 Å². The Morgan fingerprint density at radius 3 is 2.83 bits per heavy atom. The van der Waals surface area contributed by atoms with Crippen LogP contribution in [0.25, 0.3) is 11.0 Å². The average Bonchev–Trinajstić information content (AvgIpc) is 2.79. The summed E-state index contributed by atoms with van der Waals surface area (Å²) in [6.45, 7) is 0.465. The van der Waals surface area contributed by atoms with Crippen LogP contribution in [0, 0.1) is 0 Å². The van der Waals surface area contributed by atoms with Crippen molar-refractivity contribution < 1.29 is 0 Å². The monoisotopic (exact) mass is 277 g/mol. The Morgan fingerprint density at radius 1 is 1.22 bits per heavy atom. The second kappa shape index (κ2) is 4.51. The molecule has 0 saturated carbocycles. The Labute approximate surface area is 112 Å². The van der Waals surface area contributed by atoms with E-state index in [-0.39, 0.29) is 5.56 Å². The highest BCUT2D eigenvalue weighted by Gasteiger charge is 2.06. The van der Waals surface area contributed by atoms with Gasteiger partial charge in [-0.3, -0.25) is 4.79 Å². The van der Waals surface area contributed by atoms with E-state index in [1.165, 1.54) is 17.5 Å². The molecule has 90 valence electrons. The number of thiazole rings is 1. The molecule has 2 aromatic heterocycles. The van der Waals surface area contributed by atoms with E-state index < -0.39 is 0 Å². The van der Waals surface area contributed by atoms with Gasteiger partial charge in [-0.15, -0.1) is 11.3 Å². The minimum absolute atomic E-state index is 0.127. The summed E-state index contributed by atoms with van der Waals surface area (Å²) in [4.78, 5) is 20.9. The third-order valence-electron chi connectivity index (χ3n) is 2.59. The molecular weight excluding hydrogens is 270 g/mol. The minimum Gasteiger partial charge on any atom is -0.300 e. The Bertz CT molecular complexity index is 765. The van der Waals surface area contributed by atoms with Crippen LogP contribution in [0.3, 0.4) is 0 Å². The van der Waals surface area contributed by atoms with E-state index in [1.54, 1.807) is 10.8 Å². The summed E-state index contributed by atoms with van der Waals surface area (Å²) < 4.78 is 2.16. The third kappa shape index (κ3) is 2.02. The van der Waals surface area contributed by atoms with Crippen LogP contribution in [0.5, 0.6) is 0 Å². The quantitative estimate of drug-likeness (QED) is 0.723. The summed E-state index contributed by atoms with van der Waals surface area (Å²) >= 11 is 7.17. The first-order valence-electron chi connectivity index (χ1n) is 5.29. The molecule has 0 aliphatic heterocycles. The topological polar surface area (TPSA) is 47.8 Å². The van der Waals surface area contributed by atoms with E-state index in [2.05, 4.69) is 9.97 Å². The van der Waals surface area contributed by atoms with Gasteiger partial charge in [-0.2, -0.15) is 0 Å². The van der Waals surface area contributed by atoms with E-state index in [9.17, 15) is 4.79 Å². The highest BCUT2D eigenvalue weighted by Crippen LogP contribution is 2.19. The lowest BCUT2D eigenvalue weighted by atomic mass is 10.3. The standard InChI is InChI=1S/C12H8ClN3OS/c13-12-15-5-8(18-12)7-16-10-4-2-1-3-9(10)14-6-11(16)17/h1-6H,7H2. The van der Waals surface area contributed by atoms with Crippen molar-refractivity contribution in [3.05, 3.63) is 56.4 Å². The summed E-state index contributed by atoms with van der Waals surface area (Å²) in [5, 5.41) is 0. The van der Waals surface area contributed by atoms with Crippen LogP contribution in [0.4, 0.5) is 0 Å². The number of fused-ring (bicyclic) bond motifs is 1. The molecule has 1 aromatic carbocycles. The van der Waals surface area contributed by atoms with Gasteiger partial charge in [0.1, 0.15) is 0 Å². The van der Waals surface area contributed by atoms with E-state index >= 15 is 0 Å². The van der Waals surface area contributed by atoms with Crippen molar-refractivity contribution >= 4 is 34.0 Å². The van der Waals surface area contributed by atoms with Crippen molar-refractivity contribution in [3.8, 4) is 0 Å². The molecule has 0 fully saturated rings. The summed E-state index contributed by atoms with van der Waals surface area (Å²) in [6, 6.07) is 7.55. The highest BCUT2D eigenvalue weighted by atomic mass is 35.5. The molecule has 0 spiro atoms. The molecule has 18 heavy (non-hydrogen) atoms. The van der Waals surface area contributed by atoms with E-state index in [4.69, 9.17) is 11.6 Å². The van der Waals surface area contributed by atoms with Gasteiger partial charge >= 0.3 is 0 Å². The molecule has 0 radical (unpaired) electrons. The van der Waals surface area contributed by atoms with Crippen molar-refractivity contribution in [2.24, 2.45) is 0 Å². The molecule has 0 aliphatic rings. The molecule has 3 rings (SSSR count). The zero-order valence-corrected chi connectivity index (χ0v) is 10.8. The first-order valence-corrected chi connectivity index (χ1v) is 6.48. The molecule has 3 aromatic rings. The zero-order valence-electron chi connectivity index (χ0n) is 9.21. The Hall–Kier alpha value is -1.72. The SMILES string of the molecule is O=c1cnc2ccccc2n1Cc1cnc(Cl)s1. The summed E-state index contributed by atoms with van der Waals surface area (Å²) in [7, 11) is 0. The fourth-order valence-electron chi connectivity index (χ4n) is 1.79. The van der Waals surface area contributed by atoms with Gasteiger partial charge in [0.05, 0.1) is 23.8 Å². The molecule has 0 N–H and O–H groups in total. The van der Waals surface area contributed by atoms with Gasteiger partial charge in [0.25, 0.3) is 5.56 Å². The van der Waals surface area contributed by atoms with Crippen molar-refractivity contribution in [1.29, 1.82) is 0 Å². The molecule has 2 heterocycles. The number of hydrogen-bond acceptors (Lipinski definition) is 4. The maximum Gasteiger partial charge on any atom is 0.269 e. The summed E-state index contributed by atoms with van der Waals surface area (Å²) in [5.74, 6) is 0. The van der Waals surface area contributed by atoms with Crippen molar-refractivity contribution in [1.82, 2.24) is 14.5 Å². The molecule has 0 saturated heterocycles. The molecular formula is C12H8ClN3OS. The Morgan fingerprint density at radius 2 is 2.06 bits per heavy atom. The van der Waals surface area contributed by atoms with Crippen LogP contribution in [0.2, 0.25) is 4.47 Å². The van der Waals surface area contributed by atoms with Gasteiger partial charge in [-0.25, -0.2) is 9.97 Å². The van der Waals surface area contributed by atoms with Crippen LogP contribution in [0.1, 0.15) is 4.88 Å². The Balaban J connectivity index is 2.16. The lowest BCUT2D eigenvalue weighted by molar-refractivity contribution is 0.796. The molecule has 0 aliphatic carbocycles. The first-order chi connectivity index (χ1) is 8.74. The molecule has 0 unspecified atom stereocenters. The second-order valence-corrected chi connectivity index (χ2v) is 5.45. The number of rotatable bonds is 2. The van der Waals surface area contributed by atoms with Crippen LogP contribution in [-0.4, -0.2) is 14.5 Å². The van der Waals surface area contributed by atoms with Crippen LogP contribution in [-0.2, 0) is 6.54 Å². The third-order valence-corrected chi connectivity index (χ3v) is 3.69. The summed E-state index contributed by atoms with van der Waals surface area (Å²) in [5.41, 5.74) is 1.49. The fraction of sp³-hybridized carbons (Fsp3) is 0.0833. The van der Waals surface area contributed by atoms with Crippen LogP contribution < -0.4 is 5.56 Å². The molecule has 4 nitrogen and oxygen atoms in total. The molecule has 0 amide bonds. The molecule has 0 bridgehead atoms. The van der Waals surface area contributed by atoms with Crippen LogP contribution in [0.15, 0.2) is 41.5 Å². The normalized spacial score (nSPS) is 10.9. The van der Waals surface area contributed by atoms with E-state index in [1.807, 2.05) is 24.3 Å². The fourth-order valence-corrected chi connectivity index (χ4v) is 2.76. The van der Waals surface area contributed by atoms with Crippen molar-refractivity contribution in [2.75, 3.05) is 0 Å². The number of hydrogen-bond donors (Lipinski definition) is 0. The van der Waals surface area contributed by atoms with Gasteiger partial charge in [0, 0.05) is 11.1 Å². The number of aromatic nitrogens is 3. The van der Waals surface area contributed by atoms with Crippen LogP contribution >= 0.6 is 22.9 Å². The predicted molar refractivity (Wildman–Crippen MR) is 72.2 cm³/mol. The smallest absolute Gasteiger partial charge is 0.269 e. The molecule has 0 atom stereocenters. The Kier molecular flexibility index (Phi) is 2.85. The first kappa shape index (κ1) is 11.4. The van der Waals surface area contributed by atoms with Gasteiger partial charge in [-0.1, -0.05) is 23.7 Å². The van der Waals surface area contributed by atoms with Gasteiger partial charge in [0.2, 0.25) is 0 Å². The van der Waals surface area contributed by atoms with Gasteiger partial charge in [-0.05, 0) is 12.1 Å². The number of nitrogens with zero attached hydrogens (tertiary/aromatic N) is 3. The highest BCUT2D eigenvalue weighted by molar-refractivity contribution is 7.15. The maximum absolute atomic E-state index is 11.9. The minimum atomic E-state index is -0.127. The van der Waals surface area contributed by atoms with Crippen molar-refractivity contribution in [2.45, 2.75) is 6.54 Å². The van der Waals surface area contributed by atoms with Gasteiger partial charge < -0.3 is 4.57 Å².